The molecule has 0 saturated heterocycles. The number of ether oxygens (including phenoxy) is 1. The van der Waals surface area contributed by atoms with E-state index in [-0.39, 0.29) is 0 Å². The number of rotatable bonds is 8. The van der Waals surface area contributed by atoms with Gasteiger partial charge in [0.2, 0.25) is 5.13 Å². The van der Waals surface area contributed by atoms with E-state index in [0.717, 1.165) is 38.6 Å². The molecule has 0 spiro atoms. The summed E-state index contributed by atoms with van der Waals surface area (Å²) < 4.78 is 6.03. The lowest BCUT2D eigenvalue weighted by molar-refractivity contribution is 0.306. The summed E-state index contributed by atoms with van der Waals surface area (Å²) in [6.07, 6.45) is 1.74. The van der Waals surface area contributed by atoms with Gasteiger partial charge >= 0.3 is 0 Å². The molecule has 5 rings (SSSR count). The van der Waals surface area contributed by atoms with Crippen LogP contribution in [0, 0.1) is 0 Å². The van der Waals surface area contributed by atoms with E-state index >= 15 is 0 Å². The second-order valence-corrected chi connectivity index (χ2v) is 9.76. The summed E-state index contributed by atoms with van der Waals surface area (Å²) >= 11 is 13.6. The summed E-state index contributed by atoms with van der Waals surface area (Å²) in [5, 5.41) is 6.53. The Morgan fingerprint density at radius 1 is 0.778 bits per heavy atom. The molecule has 0 aliphatic rings. The third-order valence-electron chi connectivity index (χ3n) is 5.37. The highest BCUT2D eigenvalue weighted by Crippen LogP contribution is 2.39. The molecule has 0 saturated carbocycles. The lowest BCUT2D eigenvalue weighted by Gasteiger charge is -2.09. The van der Waals surface area contributed by atoms with Gasteiger partial charge in [-0.2, -0.15) is 5.10 Å². The molecule has 0 unspecified atom stereocenters. The first-order valence-electron chi connectivity index (χ1n) is 11.2. The van der Waals surface area contributed by atoms with Crippen LogP contribution in [-0.2, 0) is 6.61 Å². The van der Waals surface area contributed by atoms with E-state index in [9.17, 15) is 0 Å². The third kappa shape index (κ3) is 5.94. The maximum Gasteiger partial charge on any atom is 0.204 e. The molecule has 0 aliphatic carbocycles. The summed E-state index contributed by atoms with van der Waals surface area (Å²) in [4.78, 5) is 5.89. The second-order valence-electron chi connectivity index (χ2n) is 7.89. The Morgan fingerprint density at radius 2 is 1.44 bits per heavy atom. The van der Waals surface area contributed by atoms with Crippen LogP contribution in [0.3, 0.4) is 0 Å². The highest BCUT2D eigenvalue weighted by atomic mass is 35.5. The van der Waals surface area contributed by atoms with E-state index in [1.807, 2.05) is 91.0 Å². The van der Waals surface area contributed by atoms with Crippen molar-refractivity contribution in [3.8, 4) is 27.4 Å². The van der Waals surface area contributed by atoms with Crippen molar-refractivity contribution in [3.63, 3.8) is 0 Å². The predicted molar refractivity (Wildman–Crippen MR) is 151 cm³/mol. The maximum atomic E-state index is 6.10. The highest BCUT2D eigenvalue weighted by Gasteiger charge is 2.15. The molecule has 5 aromatic rings. The van der Waals surface area contributed by atoms with Gasteiger partial charge in [0.05, 0.1) is 16.8 Å². The number of hydrogen-bond acceptors (Lipinski definition) is 5. The number of nitrogens with zero attached hydrogens (tertiary/aromatic N) is 2. The molecule has 4 nitrogen and oxygen atoms in total. The van der Waals surface area contributed by atoms with Crippen molar-refractivity contribution >= 4 is 45.9 Å². The van der Waals surface area contributed by atoms with Gasteiger partial charge in [-0.3, -0.25) is 5.43 Å². The Hall–Kier alpha value is -3.64. The Balaban J connectivity index is 1.35. The van der Waals surface area contributed by atoms with Crippen molar-refractivity contribution in [2.45, 2.75) is 6.61 Å². The van der Waals surface area contributed by atoms with Crippen LogP contribution >= 0.6 is 34.5 Å². The summed E-state index contributed by atoms with van der Waals surface area (Å²) in [7, 11) is 0. The summed E-state index contributed by atoms with van der Waals surface area (Å²) in [5.41, 5.74) is 7.96. The first kappa shape index (κ1) is 24.1. The van der Waals surface area contributed by atoms with Crippen molar-refractivity contribution in [2.75, 3.05) is 5.43 Å². The molecular formula is C29H21Cl2N3OS. The molecule has 0 radical (unpaired) electrons. The van der Waals surface area contributed by atoms with Gasteiger partial charge in [-0.15, -0.1) is 0 Å². The molecular weight excluding hydrogens is 509 g/mol. The van der Waals surface area contributed by atoms with Crippen LogP contribution in [-0.4, -0.2) is 11.2 Å². The fourth-order valence-corrected chi connectivity index (χ4v) is 4.77. The molecule has 7 heteroatoms. The summed E-state index contributed by atoms with van der Waals surface area (Å²) in [5.74, 6) is 0.740. The van der Waals surface area contributed by atoms with Crippen LogP contribution in [0.15, 0.2) is 108 Å². The second kappa shape index (κ2) is 11.4. The van der Waals surface area contributed by atoms with E-state index < -0.39 is 0 Å². The van der Waals surface area contributed by atoms with Gasteiger partial charge in [-0.05, 0) is 47.5 Å². The van der Waals surface area contributed by atoms with Crippen molar-refractivity contribution in [3.05, 3.63) is 124 Å². The zero-order valence-corrected chi connectivity index (χ0v) is 21.4. The van der Waals surface area contributed by atoms with Crippen molar-refractivity contribution in [2.24, 2.45) is 5.10 Å². The minimum Gasteiger partial charge on any atom is -0.488 e. The Morgan fingerprint density at radius 3 is 2.19 bits per heavy atom. The molecule has 178 valence electrons. The van der Waals surface area contributed by atoms with Crippen LogP contribution in [0.5, 0.6) is 5.75 Å². The largest absolute Gasteiger partial charge is 0.488 e. The lowest BCUT2D eigenvalue weighted by Crippen LogP contribution is -1.99. The van der Waals surface area contributed by atoms with E-state index in [4.69, 9.17) is 32.9 Å². The fraction of sp³-hybridized carbons (Fsp3) is 0.0345. The topological polar surface area (TPSA) is 46.5 Å². The van der Waals surface area contributed by atoms with Gasteiger partial charge in [0.1, 0.15) is 12.4 Å². The Labute approximate surface area is 223 Å². The monoisotopic (exact) mass is 529 g/mol. The molecule has 0 fully saturated rings. The number of para-hydroxylation sites is 1. The SMILES string of the molecule is Clc1ccc(COc2ccccc2/C=N\Nc2nc(-c3ccc(Cl)cc3)c(-c3ccccc3)s2)cc1. The predicted octanol–water partition coefficient (Wildman–Crippen LogP) is 8.81. The average molecular weight is 530 g/mol. The number of thiazole rings is 1. The van der Waals surface area contributed by atoms with Crippen LogP contribution < -0.4 is 10.2 Å². The Bertz CT molecular complexity index is 1470. The number of hydrogen-bond donors (Lipinski definition) is 1. The van der Waals surface area contributed by atoms with Gasteiger partial charge < -0.3 is 4.74 Å². The van der Waals surface area contributed by atoms with Gasteiger partial charge in [0.15, 0.2) is 0 Å². The van der Waals surface area contributed by atoms with Crippen molar-refractivity contribution < 1.29 is 4.74 Å². The summed E-state index contributed by atoms with van der Waals surface area (Å²) in [6.45, 7) is 0.437. The number of nitrogens with one attached hydrogen (secondary N) is 1. The molecule has 0 amide bonds. The molecule has 1 heterocycles. The van der Waals surface area contributed by atoms with Gasteiger partial charge in [0.25, 0.3) is 0 Å². The first-order valence-corrected chi connectivity index (χ1v) is 12.8. The standard InChI is InChI=1S/C29H21Cl2N3OS/c30-24-14-10-20(11-15-24)19-35-26-9-5-4-8-23(26)18-32-34-29-33-27(21-12-16-25(31)17-13-21)28(36-29)22-6-2-1-3-7-22/h1-18H,19H2,(H,33,34)/b32-18-. The molecule has 4 aromatic carbocycles. The van der Waals surface area contributed by atoms with E-state index in [2.05, 4.69) is 22.7 Å². The zero-order valence-electron chi connectivity index (χ0n) is 19.1. The smallest absolute Gasteiger partial charge is 0.204 e. The minimum atomic E-state index is 0.437. The number of benzene rings is 4. The normalized spacial score (nSPS) is 11.1. The quantitative estimate of drug-likeness (QED) is 0.161. The lowest BCUT2D eigenvalue weighted by atomic mass is 10.1. The van der Waals surface area contributed by atoms with Crippen molar-refractivity contribution in [1.82, 2.24) is 4.98 Å². The first-order chi connectivity index (χ1) is 17.7. The number of anilines is 1. The molecule has 1 N–H and O–H groups in total. The third-order valence-corrected chi connectivity index (χ3v) is 6.88. The van der Waals surface area contributed by atoms with E-state index in [1.54, 1.807) is 17.6 Å². The minimum absolute atomic E-state index is 0.437. The van der Waals surface area contributed by atoms with Crippen LogP contribution in [0.25, 0.3) is 21.7 Å². The number of hydrazone groups is 1. The molecule has 1 aromatic heterocycles. The van der Waals surface area contributed by atoms with Gasteiger partial charge in [-0.25, -0.2) is 4.98 Å². The van der Waals surface area contributed by atoms with Crippen molar-refractivity contribution in [1.29, 1.82) is 0 Å². The van der Waals surface area contributed by atoms with Crippen LogP contribution in [0.1, 0.15) is 11.1 Å². The van der Waals surface area contributed by atoms with Gasteiger partial charge in [-0.1, -0.05) is 101 Å². The Kier molecular flexibility index (Phi) is 7.62. The molecule has 0 aliphatic heterocycles. The maximum absolute atomic E-state index is 6.10. The molecule has 36 heavy (non-hydrogen) atoms. The summed E-state index contributed by atoms with van der Waals surface area (Å²) in [6, 6.07) is 33.3. The van der Waals surface area contributed by atoms with Gasteiger partial charge in [0, 0.05) is 21.2 Å². The van der Waals surface area contributed by atoms with Crippen LogP contribution in [0.4, 0.5) is 5.13 Å². The van der Waals surface area contributed by atoms with Crippen LogP contribution in [0.2, 0.25) is 10.0 Å². The zero-order chi connectivity index (χ0) is 24.7. The molecule has 0 bridgehead atoms. The fourth-order valence-electron chi connectivity index (χ4n) is 3.57. The average Bonchev–Trinajstić information content (AvgIpc) is 3.34. The van der Waals surface area contributed by atoms with E-state index in [0.29, 0.717) is 21.8 Å². The highest BCUT2D eigenvalue weighted by molar-refractivity contribution is 7.19. The number of halogens is 2. The van der Waals surface area contributed by atoms with E-state index in [1.165, 1.54) is 0 Å². The number of aromatic nitrogens is 1. The molecule has 0 atom stereocenters.